The van der Waals surface area contributed by atoms with Gasteiger partial charge >= 0.3 is 11.6 Å². The average molecular weight is 344 g/mol. The van der Waals surface area contributed by atoms with Gasteiger partial charge in [-0.25, -0.2) is 14.7 Å². The zero-order chi connectivity index (χ0) is 17.1. The summed E-state index contributed by atoms with van der Waals surface area (Å²) in [5.74, 6) is -1.62. The summed E-state index contributed by atoms with van der Waals surface area (Å²) in [5.41, 5.74) is -0.269. The van der Waals surface area contributed by atoms with E-state index in [1.807, 2.05) is 0 Å². The van der Waals surface area contributed by atoms with Crippen LogP contribution in [0.3, 0.4) is 0 Å². The van der Waals surface area contributed by atoms with E-state index in [4.69, 9.17) is 9.52 Å². The van der Waals surface area contributed by atoms with Gasteiger partial charge in [-0.3, -0.25) is 9.59 Å². The summed E-state index contributed by atoms with van der Waals surface area (Å²) in [5, 5.41) is 11.4. The zero-order valence-corrected chi connectivity index (χ0v) is 13.2. The number of para-hydroxylation sites is 1. The SMILES string of the molecule is O=C(O)CCC(=O)N(c1nccs1)c1cc2ccccc2oc1=O. The van der Waals surface area contributed by atoms with Crippen LogP contribution in [0, 0.1) is 0 Å². The highest BCUT2D eigenvalue weighted by atomic mass is 32.1. The predicted molar refractivity (Wildman–Crippen MR) is 88.6 cm³/mol. The molecule has 2 aromatic heterocycles. The van der Waals surface area contributed by atoms with E-state index in [0.29, 0.717) is 11.0 Å². The number of fused-ring (bicyclic) bond motifs is 1. The first-order chi connectivity index (χ1) is 11.6. The van der Waals surface area contributed by atoms with E-state index in [0.717, 1.165) is 4.90 Å². The van der Waals surface area contributed by atoms with Gasteiger partial charge in [0.2, 0.25) is 5.91 Å². The number of carbonyl (C=O) groups excluding carboxylic acids is 1. The van der Waals surface area contributed by atoms with Crippen LogP contribution in [0.4, 0.5) is 10.8 Å². The highest BCUT2D eigenvalue weighted by Gasteiger charge is 2.24. The van der Waals surface area contributed by atoms with Crippen LogP contribution in [0.1, 0.15) is 12.8 Å². The molecule has 2 heterocycles. The van der Waals surface area contributed by atoms with Crippen molar-refractivity contribution in [2.24, 2.45) is 0 Å². The van der Waals surface area contributed by atoms with Gasteiger partial charge in [0.1, 0.15) is 11.3 Å². The molecule has 0 fully saturated rings. The van der Waals surface area contributed by atoms with Crippen molar-refractivity contribution in [3.05, 3.63) is 52.3 Å². The van der Waals surface area contributed by atoms with Crippen molar-refractivity contribution in [3.63, 3.8) is 0 Å². The minimum absolute atomic E-state index is 0.0130. The fraction of sp³-hybridized carbons (Fsp3) is 0.125. The lowest BCUT2D eigenvalue weighted by atomic mass is 10.2. The van der Waals surface area contributed by atoms with Gasteiger partial charge < -0.3 is 9.52 Å². The lowest BCUT2D eigenvalue weighted by Gasteiger charge is -2.18. The Morgan fingerprint density at radius 3 is 2.75 bits per heavy atom. The molecule has 0 unspecified atom stereocenters. The summed E-state index contributed by atoms with van der Waals surface area (Å²) in [6.07, 6.45) is 0.918. The van der Waals surface area contributed by atoms with Crippen molar-refractivity contribution in [2.45, 2.75) is 12.8 Å². The van der Waals surface area contributed by atoms with Crippen LogP contribution in [0.25, 0.3) is 11.0 Å². The Bertz CT molecular complexity index is 949. The second kappa shape index (κ2) is 6.63. The molecule has 0 aliphatic carbocycles. The van der Waals surface area contributed by atoms with Crippen molar-refractivity contribution < 1.29 is 19.1 Å². The van der Waals surface area contributed by atoms with Crippen LogP contribution >= 0.6 is 11.3 Å². The largest absolute Gasteiger partial charge is 0.481 e. The summed E-state index contributed by atoms with van der Waals surface area (Å²) >= 11 is 1.17. The van der Waals surface area contributed by atoms with Crippen LogP contribution in [-0.2, 0) is 9.59 Å². The quantitative estimate of drug-likeness (QED) is 0.714. The standard InChI is InChI=1S/C16H12N2O5S/c19-13(5-6-14(20)21)18(16-17-7-8-24-16)11-9-10-3-1-2-4-12(10)23-15(11)22/h1-4,7-9H,5-6H2,(H,20,21). The maximum Gasteiger partial charge on any atom is 0.360 e. The molecule has 3 rings (SSSR count). The molecule has 0 aliphatic heterocycles. The Morgan fingerprint density at radius 1 is 1.25 bits per heavy atom. The number of thiazole rings is 1. The molecule has 0 saturated heterocycles. The lowest BCUT2D eigenvalue weighted by molar-refractivity contribution is -0.138. The number of anilines is 2. The fourth-order valence-electron chi connectivity index (χ4n) is 2.20. The number of hydrogen-bond acceptors (Lipinski definition) is 6. The third kappa shape index (κ3) is 3.18. The minimum atomic E-state index is -1.09. The molecule has 1 aromatic carbocycles. The Labute approximate surface area is 139 Å². The van der Waals surface area contributed by atoms with Crippen LogP contribution in [0.5, 0.6) is 0 Å². The van der Waals surface area contributed by atoms with Crippen LogP contribution in [-0.4, -0.2) is 22.0 Å². The number of aliphatic carboxylic acids is 1. The number of nitrogens with zero attached hydrogens (tertiary/aromatic N) is 2. The van der Waals surface area contributed by atoms with Gasteiger partial charge in [-0.2, -0.15) is 0 Å². The second-order valence-electron chi connectivity index (χ2n) is 4.89. The van der Waals surface area contributed by atoms with E-state index in [9.17, 15) is 14.4 Å². The number of carboxylic acids is 1. The Balaban J connectivity index is 2.09. The van der Waals surface area contributed by atoms with Crippen LogP contribution < -0.4 is 10.5 Å². The first-order valence-electron chi connectivity index (χ1n) is 7.03. The molecule has 1 amide bonds. The summed E-state index contributed by atoms with van der Waals surface area (Å²) in [7, 11) is 0. The van der Waals surface area contributed by atoms with Gasteiger partial charge in [0.05, 0.1) is 6.42 Å². The van der Waals surface area contributed by atoms with Gasteiger partial charge in [0.25, 0.3) is 0 Å². The average Bonchev–Trinajstić information content (AvgIpc) is 3.07. The maximum absolute atomic E-state index is 12.5. The summed E-state index contributed by atoms with van der Waals surface area (Å²) in [6.45, 7) is 0. The molecule has 8 heteroatoms. The number of rotatable bonds is 5. The Kier molecular flexibility index (Phi) is 4.39. The molecule has 0 atom stereocenters. The van der Waals surface area contributed by atoms with Gasteiger partial charge in [0.15, 0.2) is 5.13 Å². The monoisotopic (exact) mass is 344 g/mol. The number of carbonyl (C=O) groups is 2. The molecular weight excluding hydrogens is 332 g/mol. The minimum Gasteiger partial charge on any atom is -0.481 e. The van der Waals surface area contributed by atoms with Gasteiger partial charge in [-0.05, 0) is 12.1 Å². The van der Waals surface area contributed by atoms with E-state index >= 15 is 0 Å². The normalized spacial score (nSPS) is 10.7. The van der Waals surface area contributed by atoms with Crippen LogP contribution in [0.2, 0.25) is 0 Å². The van der Waals surface area contributed by atoms with E-state index in [-0.39, 0.29) is 23.7 Å². The first-order valence-corrected chi connectivity index (χ1v) is 7.91. The van der Waals surface area contributed by atoms with E-state index in [1.54, 1.807) is 35.7 Å². The molecule has 24 heavy (non-hydrogen) atoms. The molecule has 1 N–H and O–H groups in total. The molecule has 0 bridgehead atoms. The van der Waals surface area contributed by atoms with E-state index in [2.05, 4.69) is 4.98 Å². The highest BCUT2D eigenvalue weighted by molar-refractivity contribution is 7.13. The molecule has 0 radical (unpaired) electrons. The molecule has 122 valence electrons. The topological polar surface area (TPSA) is 101 Å². The Morgan fingerprint density at radius 2 is 2.04 bits per heavy atom. The van der Waals surface area contributed by atoms with Crippen molar-refractivity contribution in [1.82, 2.24) is 4.98 Å². The molecule has 0 spiro atoms. The van der Waals surface area contributed by atoms with Crippen LogP contribution in [0.15, 0.2) is 51.1 Å². The van der Waals surface area contributed by atoms with Gasteiger partial charge in [0, 0.05) is 23.4 Å². The van der Waals surface area contributed by atoms with Crippen molar-refractivity contribution >= 4 is 45.0 Å². The van der Waals surface area contributed by atoms with Crippen molar-refractivity contribution in [1.29, 1.82) is 0 Å². The smallest absolute Gasteiger partial charge is 0.360 e. The van der Waals surface area contributed by atoms with Crippen molar-refractivity contribution in [2.75, 3.05) is 4.90 Å². The molecule has 7 nitrogen and oxygen atoms in total. The molecule has 3 aromatic rings. The van der Waals surface area contributed by atoms with Crippen molar-refractivity contribution in [3.8, 4) is 0 Å². The first kappa shape index (κ1) is 15.9. The number of aromatic nitrogens is 1. The van der Waals surface area contributed by atoms with E-state index < -0.39 is 17.5 Å². The summed E-state index contributed by atoms with van der Waals surface area (Å²) < 4.78 is 5.26. The fourth-order valence-corrected chi connectivity index (χ4v) is 2.87. The third-order valence-corrected chi connectivity index (χ3v) is 4.03. The molecule has 0 saturated carbocycles. The highest BCUT2D eigenvalue weighted by Crippen LogP contribution is 2.28. The van der Waals surface area contributed by atoms with Gasteiger partial charge in [-0.1, -0.05) is 18.2 Å². The maximum atomic E-state index is 12.5. The molecule has 0 aliphatic rings. The second-order valence-corrected chi connectivity index (χ2v) is 5.77. The van der Waals surface area contributed by atoms with E-state index in [1.165, 1.54) is 17.5 Å². The predicted octanol–water partition coefficient (Wildman–Crippen LogP) is 2.78. The molecular formula is C16H12N2O5S. The third-order valence-electron chi connectivity index (χ3n) is 3.28. The number of hydrogen-bond donors (Lipinski definition) is 1. The Hall–Kier alpha value is -3.00. The number of carboxylic acid groups (broad SMARTS) is 1. The number of amides is 1. The lowest BCUT2D eigenvalue weighted by Crippen LogP contribution is -2.30. The van der Waals surface area contributed by atoms with Gasteiger partial charge in [-0.15, -0.1) is 11.3 Å². The number of benzene rings is 1. The zero-order valence-electron chi connectivity index (χ0n) is 12.3. The summed E-state index contributed by atoms with van der Waals surface area (Å²) in [6, 6.07) is 8.47. The summed E-state index contributed by atoms with van der Waals surface area (Å²) in [4.78, 5) is 40.7.